The van der Waals surface area contributed by atoms with Crippen molar-refractivity contribution in [2.24, 2.45) is 0 Å². The fourth-order valence-electron chi connectivity index (χ4n) is 3.16. The standard InChI is InChI=1S/C19H26N4O3/c1-13-10-16-17(11-14(13)2)23(19(25)15(3)21-16)12-18(24)20-4-5-22-6-8-26-9-7-22/h10-11H,4-9,12H2,1-3H3,(H,20,24). The molecule has 0 saturated carbocycles. The van der Waals surface area contributed by atoms with Crippen LogP contribution in [0.2, 0.25) is 0 Å². The lowest BCUT2D eigenvalue weighted by Gasteiger charge is -2.26. The Hall–Kier alpha value is -2.25. The zero-order valence-corrected chi connectivity index (χ0v) is 15.7. The zero-order valence-electron chi connectivity index (χ0n) is 15.7. The number of carbonyl (C=O) groups is 1. The number of benzene rings is 1. The molecule has 1 aromatic heterocycles. The van der Waals surface area contributed by atoms with Crippen LogP contribution in [-0.4, -0.2) is 59.8 Å². The molecule has 26 heavy (non-hydrogen) atoms. The van der Waals surface area contributed by atoms with E-state index >= 15 is 0 Å². The number of fused-ring (bicyclic) bond motifs is 1. The lowest BCUT2D eigenvalue weighted by molar-refractivity contribution is -0.121. The Morgan fingerprint density at radius 3 is 2.62 bits per heavy atom. The van der Waals surface area contributed by atoms with Crippen LogP contribution in [0.15, 0.2) is 16.9 Å². The summed E-state index contributed by atoms with van der Waals surface area (Å²) in [5.74, 6) is -0.162. The van der Waals surface area contributed by atoms with Gasteiger partial charge in [0.1, 0.15) is 12.2 Å². The van der Waals surface area contributed by atoms with E-state index in [1.807, 2.05) is 26.0 Å². The van der Waals surface area contributed by atoms with E-state index in [0.29, 0.717) is 17.8 Å². The first-order chi connectivity index (χ1) is 12.5. The summed E-state index contributed by atoms with van der Waals surface area (Å²) >= 11 is 0. The molecule has 1 N–H and O–H groups in total. The lowest BCUT2D eigenvalue weighted by Crippen LogP contribution is -2.42. The molecule has 2 aromatic rings. The molecule has 0 unspecified atom stereocenters. The first kappa shape index (κ1) is 18.5. The molecule has 1 amide bonds. The van der Waals surface area contributed by atoms with Gasteiger partial charge in [0.15, 0.2) is 0 Å². The Labute approximate surface area is 153 Å². The molecule has 1 aliphatic heterocycles. The third-order valence-corrected chi connectivity index (χ3v) is 4.88. The monoisotopic (exact) mass is 358 g/mol. The number of rotatable bonds is 5. The molecule has 1 aliphatic rings. The van der Waals surface area contributed by atoms with E-state index in [1.165, 1.54) is 4.57 Å². The smallest absolute Gasteiger partial charge is 0.272 e. The second-order valence-corrected chi connectivity index (χ2v) is 6.82. The van der Waals surface area contributed by atoms with Gasteiger partial charge in [-0.15, -0.1) is 0 Å². The fraction of sp³-hybridized carbons (Fsp3) is 0.526. The molecular formula is C19H26N4O3. The maximum Gasteiger partial charge on any atom is 0.272 e. The minimum Gasteiger partial charge on any atom is -0.379 e. The van der Waals surface area contributed by atoms with Crippen molar-refractivity contribution >= 4 is 16.9 Å². The van der Waals surface area contributed by atoms with Gasteiger partial charge in [0.05, 0.1) is 24.2 Å². The number of amides is 1. The van der Waals surface area contributed by atoms with Crippen LogP contribution in [0.5, 0.6) is 0 Å². The molecule has 0 radical (unpaired) electrons. The van der Waals surface area contributed by atoms with E-state index in [1.54, 1.807) is 6.92 Å². The molecule has 3 rings (SSSR count). The largest absolute Gasteiger partial charge is 0.379 e. The van der Waals surface area contributed by atoms with Gasteiger partial charge in [-0.2, -0.15) is 0 Å². The highest BCUT2D eigenvalue weighted by molar-refractivity contribution is 5.81. The molecule has 1 saturated heterocycles. The summed E-state index contributed by atoms with van der Waals surface area (Å²) in [5, 5.41) is 2.91. The summed E-state index contributed by atoms with van der Waals surface area (Å²) in [6.07, 6.45) is 0. The molecule has 2 heterocycles. The van der Waals surface area contributed by atoms with Gasteiger partial charge in [-0.3, -0.25) is 19.1 Å². The van der Waals surface area contributed by atoms with Gasteiger partial charge < -0.3 is 10.1 Å². The quantitative estimate of drug-likeness (QED) is 0.854. The Balaban J connectivity index is 1.72. The average molecular weight is 358 g/mol. The maximum atomic E-state index is 12.5. The molecule has 0 aliphatic carbocycles. The van der Waals surface area contributed by atoms with Gasteiger partial charge in [0, 0.05) is 26.2 Å². The van der Waals surface area contributed by atoms with Crippen molar-refractivity contribution in [3.8, 4) is 0 Å². The fourth-order valence-corrected chi connectivity index (χ4v) is 3.16. The number of carbonyl (C=O) groups excluding carboxylic acids is 1. The summed E-state index contributed by atoms with van der Waals surface area (Å²) in [7, 11) is 0. The molecule has 1 fully saturated rings. The molecule has 0 bridgehead atoms. The number of morpholine rings is 1. The van der Waals surface area contributed by atoms with Gasteiger partial charge in [-0.05, 0) is 44.0 Å². The van der Waals surface area contributed by atoms with Crippen LogP contribution in [0.25, 0.3) is 11.0 Å². The maximum absolute atomic E-state index is 12.5. The van der Waals surface area contributed by atoms with Gasteiger partial charge in [-0.1, -0.05) is 0 Å². The van der Waals surface area contributed by atoms with Crippen LogP contribution in [0, 0.1) is 20.8 Å². The van der Waals surface area contributed by atoms with Gasteiger partial charge in [0.25, 0.3) is 5.56 Å². The first-order valence-electron chi connectivity index (χ1n) is 9.01. The van der Waals surface area contributed by atoms with Crippen molar-refractivity contribution in [2.45, 2.75) is 27.3 Å². The van der Waals surface area contributed by atoms with Crippen molar-refractivity contribution in [1.82, 2.24) is 19.8 Å². The number of nitrogens with zero attached hydrogens (tertiary/aromatic N) is 3. The highest BCUT2D eigenvalue weighted by Crippen LogP contribution is 2.16. The number of nitrogens with one attached hydrogen (secondary N) is 1. The summed E-state index contributed by atoms with van der Waals surface area (Å²) in [4.78, 5) is 31.6. The van der Waals surface area contributed by atoms with E-state index in [2.05, 4.69) is 15.2 Å². The predicted molar refractivity (Wildman–Crippen MR) is 100 cm³/mol. The molecule has 1 aromatic carbocycles. The Bertz CT molecular complexity index is 869. The topological polar surface area (TPSA) is 76.5 Å². The third kappa shape index (κ3) is 4.11. The van der Waals surface area contributed by atoms with Crippen LogP contribution >= 0.6 is 0 Å². The van der Waals surface area contributed by atoms with Crippen molar-refractivity contribution in [2.75, 3.05) is 39.4 Å². The average Bonchev–Trinajstić information content (AvgIpc) is 2.62. The van der Waals surface area contributed by atoms with Gasteiger partial charge >= 0.3 is 0 Å². The Kier molecular flexibility index (Phi) is 5.68. The second-order valence-electron chi connectivity index (χ2n) is 6.82. The molecular weight excluding hydrogens is 332 g/mol. The number of hydrogen-bond acceptors (Lipinski definition) is 5. The van der Waals surface area contributed by atoms with Crippen molar-refractivity contribution in [3.05, 3.63) is 39.3 Å². The van der Waals surface area contributed by atoms with E-state index in [0.717, 1.165) is 49.5 Å². The summed E-state index contributed by atoms with van der Waals surface area (Å²) in [6.45, 7) is 10.3. The van der Waals surface area contributed by atoms with Gasteiger partial charge in [-0.25, -0.2) is 4.98 Å². The minimum absolute atomic E-state index is 0.00427. The van der Waals surface area contributed by atoms with E-state index in [4.69, 9.17) is 4.74 Å². The molecule has 7 heteroatoms. The molecule has 0 spiro atoms. The van der Waals surface area contributed by atoms with Crippen molar-refractivity contribution < 1.29 is 9.53 Å². The summed E-state index contributed by atoms with van der Waals surface area (Å²) in [6, 6.07) is 3.89. The number of aryl methyl sites for hydroxylation is 3. The zero-order chi connectivity index (χ0) is 18.7. The second kappa shape index (κ2) is 7.97. The predicted octanol–water partition coefficient (Wildman–Crippen LogP) is 0.770. The highest BCUT2D eigenvalue weighted by Gasteiger charge is 2.14. The van der Waals surface area contributed by atoms with E-state index in [9.17, 15) is 9.59 Å². The summed E-state index contributed by atoms with van der Waals surface area (Å²) < 4.78 is 6.84. The van der Waals surface area contributed by atoms with Crippen LogP contribution < -0.4 is 10.9 Å². The number of aromatic nitrogens is 2. The van der Waals surface area contributed by atoms with Gasteiger partial charge in [0.2, 0.25) is 5.91 Å². The normalized spacial score (nSPS) is 15.3. The number of ether oxygens (including phenoxy) is 1. The number of hydrogen-bond donors (Lipinski definition) is 1. The van der Waals surface area contributed by atoms with Crippen LogP contribution in [0.3, 0.4) is 0 Å². The third-order valence-electron chi connectivity index (χ3n) is 4.88. The van der Waals surface area contributed by atoms with Crippen molar-refractivity contribution in [3.63, 3.8) is 0 Å². The minimum atomic E-state index is -0.218. The SMILES string of the molecule is Cc1cc2nc(C)c(=O)n(CC(=O)NCCN3CCOCC3)c2cc1C. The molecule has 7 nitrogen and oxygen atoms in total. The highest BCUT2D eigenvalue weighted by atomic mass is 16.5. The Morgan fingerprint density at radius 2 is 1.88 bits per heavy atom. The van der Waals surface area contributed by atoms with E-state index < -0.39 is 0 Å². The molecule has 140 valence electrons. The molecule has 0 atom stereocenters. The van der Waals surface area contributed by atoms with Crippen molar-refractivity contribution in [1.29, 1.82) is 0 Å². The van der Waals surface area contributed by atoms with Crippen LogP contribution in [0.1, 0.15) is 16.8 Å². The van der Waals surface area contributed by atoms with Crippen LogP contribution in [0.4, 0.5) is 0 Å². The first-order valence-corrected chi connectivity index (χ1v) is 9.01. The summed E-state index contributed by atoms with van der Waals surface area (Å²) in [5.41, 5.74) is 3.82. The lowest BCUT2D eigenvalue weighted by atomic mass is 10.1. The van der Waals surface area contributed by atoms with Crippen LogP contribution in [-0.2, 0) is 16.1 Å². The Morgan fingerprint density at radius 1 is 1.19 bits per heavy atom. The van der Waals surface area contributed by atoms with E-state index in [-0.39, 0.29) is 18.0 Å².